The third-order valence-corrected chi connectivity index (χ3v) is 2.10. The average Bonchev–Trinajstić information content (AvgIpc) is 2.65. The summed E-state index contributed by atoms with van der Waals surface area (Å²) in [6, 6.07) is 0. The van der Waals surface area contributed by atoms with E-state index in [0.29, 0.717) is 6.54 Å². The zero-order valence-corrected chi connectivity index (χ0v) is 8.81. The quantitative estimate of drug-likeness (QED) is 0.797. The first-order chi connectivity index (χ1) is 7.31. The number of aryl methyl sites for hydroxylation is 1. The van der Waals surface area contributed by atoms with Crippen LogP contribution in [0, 0.1) is 6.92 Å². The van der Waals surface area contributed by atoms with Crippen molar-refractivity contribution in [2.75, 3.05) is 7.05 Å². The van der Waals surface area contributed by atoms with Crippen LogP contribution in [0.1, 0.15) is 11.5 Å². The molecule has 0 bridgehead atoms. The van der Waals surface area contributed by atoms with Gasteiger partial charge in [-0.25, -0.2) is 9.97 Å². The number of hydrogen-bond donors (Lipinski definition) is 1. The molecule has 0 aromatic carbocycles. The van der Waals surface area contributed by atoms with Gasteiger partial charge in [0.15, 0.2) is 5.82 Å². The molecule has 2 rings (SSSR count). The number of aromatic nitrogens is 4. The number of nitrogens with zero attached hydrogens (tertiary/aromatic N) is 4. The van der Waals surface area contributed by atoms with E-state index in [4.69, 9.17) is 0 Å². The molecule has 0 radical (unpaired) electrons. The Kier molecular flexibility index (Phi) is 2.73. The van der Waals surface area contributed by atoms with Gasteiger partial charge in [-0.15, -0.1) is 0 Å². The highest BCUT2D eigenvalue weighted by atomic mass is 15.1. The topological polar surface area (TPSA) is 55.6 Å². The van der Waals surface area contributed by atoms with Crippen LogP contribution < -0.4 is 5.32 Å². The second-order valence-electron chi connectivity index (χ2n) is 3.24. The molecule has 0 spiro atoms. The molecule has 5 heteroatoms. The summed E-state index contributed by atoms with van der Waals surface area (Å²) in [7, 11) is 1.89. The van der Waals surface area contributed by atoms with Crippen molar-refractivity contribution >= 4 is 0 Å². The zero-order chi connectivity index (χ0) is 10.7. The van der Waals surface area contributed by atoms with Crippen molar-refractivity contribution in [3.8, 4) is 5.82 Å². The molecule has 2 aromatic heterocycles. The van der Waals surface area contributed by atoms with Crippen molar-refractivity contribution in [2.24, 2.45) is 0 Å². The van der Waals surface area contributed by atoms with Crippen LogP contribution in [0.4, 0.5) is 0 Å². The van der Waals surface area contributed by atoms with Gasteiger partial charge >= 0.3 is 0 Å². The van der Waals surface area contributed by atoms with Gasteiger partial charge in [-0.2, -0.15) is 0 Å². The monoisotopic (exact) mass is 203 g/mol. The van der Waals surface area contributed by atoms with E-state index in [9.17, 15) is 0 Å². The summed E-state index contributed by atoms with van der Waals surface area (Å²) in [5, 5.41) is 3.04. The van der Waals surface area contributed by atoms with Crippen LogP contribution in [-0.4, -0.2) is 26.6 Å². The summed E-state index contributed by atoms with van der Waals surface area (Å²) >= 11 is 0. The van der Waals surface area contributed by atoms with Crippen molar-refractivity contribution in [2.45, 2.75) is 13.5 Å². The molecule has 0 atom stereocenters. The molecule has 0 aliphatic rings. The minimum Gasteiger partial charge on any atom is -0.314 e. The van der Waals surface area contributed by atoms with Crippen molar-refractivity contribution in [3.63, 3.8) is 0 Å². The van der Waals surface area contributed by atoms with Crippen LogP contribution >= 0.6 is 0 Å². The lowest BCUT2D eigenvalue weighted by atomic mass is 10.4. The Balaban J connectivity index is 2.37. The Labute approximate surface area is 88.2 Å². The zero-order valence-electron chi connectivity index (χ0n) is 8.81. The predicted octanol–water partition coefficient (Wildman–Crippen LogP) is 0.690. The highest BCUT2D eigenvalue weighted by molar-refractivity contribution is 5.22. The Morgan fingerprint density at radius 3 is 2.93 bits per heavy atom. The first-order valence-electron chi connectivity index (χ1n) is 4.77. The van der Waals surface area contributed by atoms with Crippen LogP contribution in [0.15, 0.2) is 24.8 Å². The first-order valence-corrected chi connectivity index (χ1v) is 4.77. The summed E-state index contributed by atoms with van der Waals surface area (Å²) in [4.78, 5) is 12.8. The maximum Gasteiger partial charge on any atom is 0.156 e. The Hall–Kier alpha value is -1.75. The highest BCUT2D eigenvalue weighted by Gasteiger charge is 2.02. The molecular formula is C10H13N5. The van der Waals surface area contributed by atoms with E-state index in [2.05, 4.69) is 20.3 Å². The summed E-state index contributed by atoms with van der Waals surface area (Å²) < 4.78 is 1.91. The summed E-state index contributed by atoms with van der Waals surface area (Å²) in [6.07, 6.45) is 7.12. The van der Waals surface area contributed by atoms with Gasteiger partial charge in [0.25, 0.3) is 0 Å². The molecule has 2 aromatic rings. The van der Waals surface area contributed by atoms with Crippen LogP contribution in [0.3, 0.4) is 0 Å². The number of imidazole rings is 1. The van der Waals surface area contributed by atoms with Gasteiger partial charge in [0, 0.05) is 25.1 Å². The minimum atomic E-state index is 0.717. The molecule has 1 N–H and O–H groups in total. The van der Waals surface area contributed by atoms with Gasteiger partial charge in [0.2, 0.25) is 0 Å². The molecule has 0 amide bonds. The second-order valence-corrected chi connectivity index (χ2v) is 3.24. The average molecular weight is 203 g/mol. The fraction of sp³-hybridized carbons (Fsp3) is 0.300. The lowest BCUT2D eigenvalue weighted by molar-refractivity contribution is 0.772. The Bertz CT molecular complexity index is 449. The van der Waals surface area contributed by atoms with Crippen LogP contribution in [0.2, 0.25) is 0 Å². The van der Waals surface area contributed by atoms with E-state index in [0.717, 1.165) is 17.3 Å². The summed E-state index contributed by atoms with van der Waals surface area (Å²) in [5.41, 5.74) is 0.920. The van der Waals surface area contributed by atoms with E-state index in [1.54, 1.807) is 18.6 Å². The van der Waals surface area contributed by atoms with E-state index >= 15 is 0 Å². The Morgan fingerprint density at radius 2 is 2.27 bits per heavy atom. The smallest absolute Gasteiger partial charge is 0.156 e. The van der Waals surface area contributed by atoms with Gasteiger partial charge < -0.3 is 5.32 Å². The first kappa shape index (κ1) is 9.79. The van der Waals surface area contributed by atoms with Crippen LogP contribution in [0.25, 0.3) is 5.82 Å². The summed E-state index contributed by atoms with van der Waals surface area (Å²) in [6.45, 7) is 2.65. The standard InChI is InChI=1S/C10H13N5/c1-8-13-3-4-15(8)10-7-12-6-9(14-10)5-11-2/h3-4,6-7,11H,5H2,1-2H3. The van der Waals surface area contributed by atoms with Crippen molar-refractivity contribution in [1.29, 1.82) is 0 Å². The molecule has 0 unspecified atom stereocenters. The number of rotatable bonds is 3. The van der Waals surface area contributed by atoms with Gasteiger partial charge in [0.05, 0.1) is 11.9 Å². The minimum absolute atomic E-state index is 0.717. The summed E-state index contributed by atoms with van der Waals surface area (Å²) in [5.74, 6) is 1.71. The van der Waals surface area contributed by atoms with Crippen molar-refractivity contribution in [3.05, 3.63) is 36.3 Å². The molecule has 78 valence electrons. The van der Waals surface area contributed by atoms with Gasteiger partial charge in [-0.1, -0.05) is 0 Å². The lowest BCUT2D eigenvalue weighted by Crippen LogP contribution is -2.09. The normalized spacial score (nSPS) is 10.5. The molecular weight excluding hydrogens is 190 g/mol. The molecule has 0 saturated heterocycles. The van der Waals surface area contributed by atoms with E-state index in [-0.39, 0.29) is 0 Å². The number of nitrogens with one attached hydrogen (secondary N) is 1. The van der Waals surface area contributed by atoms with E-state index in [1.165, 1.54) is 0 Å². The SMILES string of the molecule is CNCc1cncc(-n2ccnc2C)n1. The van der Waals surface area contributed by atoms with Crippen LogP contribution in [0.5, 0.6) is 0 Å². The van der Waals surface area contributed by atoms with Crippen molar-refractivity contribution in [1.82, 2.24) is 24.8 Å². The van der Waals surface area contributed by atoms with Crippen LogP contribution in [-0.2, 0) is 6.54 Å². The molecule has 0 fully saturated rings. The van der Waals surface area contributed by atoms with E-state index in [1.807, 2.05) is 24.7 Å². The highest BCUT2D eigenvalue weighted by Crippen LogP contribution is 2.06. The molecule has 0 aliphatic carbocycles. The largest absolute Gasteiger partial charge is 0.314 e. The third kappa shape index (κ3) is 2.02. The van der Waals surface area contributed by atoms with Crippen molar-refractivity contribution < 1.29 is 0 Å². The maximum atomic E-state index is 4.46. The Morgan fingerprint density at radius 1 is 1.40 bits per heavy atom. The predicted molar refractivity (Wildman–Crippen MR) is 56.7 cm³/mol. The molecule has 5 nitrogen and oxygen atoms in total. The molecule has 2 heterocycles. The second kappa shape index (κ2) is 4.18. The fourth-order valence-corrected chi connectivity index (χ4v) is 1.40. The van der Waals surface area contributed by atoms with Gasteiger partial charge in [-0.05, 0) is 14.0 Å². The van der Waals surface area contributed by atoms with Gasteiger partial charge in [0.1, 0.15) is 5.82 Å². The van der Waals surface area contributed by atoms with E-state index < -0.39 is 0 Å². The molecule has 0 aliphatic heterocycles. The lowest BCUT2D eigenvalue weighted by Gasteiger charge is -2.05. The molecule has 0 saturated carbocycles. The number of hydrogen-bond acceptors (Lipinski definition) is 4. The molecule has 15 heavy (non-hydrogen) atoms. The maximum absolute atomic E-state index is 4.46. The van der Waals surface area contributed by atoms with Gasteiger partial charge in [-0.3, -0.25) is 9.55 Å². The third-order valence-electron chi connectivity index (χ3n) is 2.10. The fourth-order valence-electron chi connectivity index (χ4n) is 1.40.